The average Bonchev–Trinajstić information content (AvgIpc) is 2.70. The maximum Gasteiger partial charge on any atom is 0.198 e. The van der Waals surface area contributed by atoms with E-state index >= 15 is 0 Å². The van der Waals surface area contributed by atoms with E-state index in [1.54, 1.807) is 6.26 Å². The summed E-state index contributed by atoms with van der Waals surface area (Å²) in [6, 6.07) is 8.18. The first kappa shape index (κ1) is 10.9. The Morgan fingerprint density at radius 3 is 2.88 bits per heavy atom. The summed E-state index contributed by atoms with van der Waals surface area (Å²) in [5.41, 5.74) is 3.27. The fourth-order valence-corrected chi connectivity index (χ4v) is 1.63. The number of aliphatic hydroxyl groups excluding tert-OH is 1. The number of hydrogen-bond donors (Lipinski definition) is 1. The lowest BCUT2D eigenvalue weighted by Gasteiger charge is -2.01. The zero-order valence-electron chi connectivity index (χ0n) is 9.31. The van der Waals surface area contributed by atoms with Crippen LogP contribution in [0.3, 0.4) is 0 Å². The van der Waals surface area contributed by atoms with Crippen molar-refractivity contribution in [1.82, 2.24) is 4.98 Å². The van der Waals surface area contributed by atoms with E-state index in [1.807, 2.05) is 12.1 Å². The predicted molar refractivity (Wildman–Crippen MR) is 61.3 cm³/mol. The van der Waals surface area contributed by atoms with Gasteiger partial charge in [-0.3, -0.25) is 0 Å². The van der Waals surface area contributed by atoms with Gasteiger partial charge in [0.05, 0.1) is 5.69 Å². The Labute approximate surface area is 94.8 Å². The van der Waals surface area contributed by atoms with Crippen LogP contribution in [0.1, 0.15) is 22.7 Å². The minimum atomic E-state index is 0.107. The van der Waals surface area contributed by atoms with Gasteiger partial charge in [0.1, 0.15) is 6.26 Å². The van der Waals surface area contributed by atoms with E-state index in [9.17, 15) is 0 Å². The summed E-state index contributed by atoms with van der Waals surface area (Å²) in [7, 11) is 0. The molecule has 0 aliphatic heterocycles. The van der Waals surface area contributed by atoms with Gasteiger partial charge in [0.15, 0.2) is 5.89 Å². The van der Waals surface area contributed by atoms with Gasteiger partial charge in [-0.2, -0.15) is 0 Å². The van der Waals surface area contributed by atoms with Crippen LogP contribution in [0.25, 0.3) is 0 Å². The van der Waals surface area contributed by atoms with Crippen LogP contribution in [0.4, 0.5) is 0 Å². The highest BCUT2D eigenvalue weighted by Gasteiger charge is 2.06. The third-order valence-corrected chi connectivity index (χ3v) is 2.57. The van der Waals surface area contributed by atoms with Crippen molar-refractivity contribution in [2.24, 2.45) is 0 Å². The van der Waals surface area contributed by atoms with Gasteiger partial charge in [0.2, 0.25) is 0 Å². The van der Waals surface area contributed by atoms with Crippen molar-refractivity contribution in [2.75, 3.05) is 6.61 Å². The molecule has 3 heteroatoms. The van der Waals surface area contributed by atoms with Gasteiger partial charge in [-0.1, -0.05) is 24.3 Å². The van der Waals surface area contributed by atoms with Crippen molar-refractivity contribution in [3.63, 3.8) is 0 Å². The van der Waals surface area contributed by atoms with Gasteiger partial charge in [-0.25, -0.2) is 4.98 Å². The normalized spacial score (nSPS) is 10.6. The van der Waals surface area contributed by atoms with E-state index in [-0.39, 0.29) is 6.61 Å². The summed E-state index contributed by atoms with van der Waals surface area (Å²) in [4.78, 5) is 4.31. The maximum atomic E-state index is 8.78. The van der Waals surface area contributed by atoms with Gasteiger partial charge in [0, 0.05) is 19.4 Å². The Morgan fingerprint density at radius 2 is 2.12 bits per heavy atom. The highest BCUT2D eigenvalue weighted by molar-refractivity contribution is 5.27. The molecule has 2 rings (SSSR count). The first-order valence-corrected chi connectivity index (χ1v) is 5.38. The smallest absolute Gasteiger partial charge is 0.198 e. The number of aryl methyl sites for hydroxylation is 1. The van der Waals surface area contributed by atoms with Crippen molar-refractivity contribution >= 4 is 0 Å². The van der Waals surface area contributed by atoms with E-state index in [2.05, 4.69) is 24.0 Å². The second-order valence-electron chi connectivity index (χ2n) is 3.81. The number of nitrogens with zero attached hydrogens (tertiary/aromatic N) is 1. The van der Waals surface area contributed by atoms with Crippen LogP contribution in [-0.4, -0.2) is 16.7 Å². The number of hydrogen-bond acceptors (Lipinski definition) is 3. The fraction of sp³-hybridized carbons (Fsp3) is 0.308. The van der Waals surface area contributed by atoms with Crippen LogP contribution in [0.5, 0.6) is 0 Å². The molecule has 0 spiro atoms. The molecule has 0 fully saturated rings. The van der Waals surface area contributed by atoms with E-state index in [0.29, 0.717) is 18.7 Å². The van der Waals surface area contributed by atoms with E-state index in [4.69, 9.17) is 9.52 Å². The molecule has 3 nitrogen and oxygen atoms in total. The first-order valence-electron chi connectivity index (χ1n) is 5.38. The van der Waals surface area contributed by atoms with Crippen molar-refractivity contribution < 1.29 is 9.52 Å². The molecule has 0 bridgehead atoms. The average molecular weight is 217 g/mol. The molecule has 0 amide bonds. The first-order chi connectivity index (χ1) is 7.79. The lowest BCUT2D eigenvalue weighted by molar-refractivity contribution is 0.298. The molecule has 0 unspecified atom stereocenters. The van der Waals surface area contributed by atoms with Gasteiger partial charge in [0.25, 0.3) is 0 Å². The van der Waals surface area contributed by atoms with Crippen molar-refractivity contribution in [3.8, 4) is 0 Å². The third-order valence-electron chi connectivity index (χ3n) is 2.57. The molecule has 0 aliphatic rings. The predicted octanol–water partition coefficient (Wildman–Crippen LogP) is 2.11. The Kier molecular flexibility index (Phi) is 3.37. The van der Waals surface area contributed by atoms with Gasteiger partial charge in [-0.15, -0.1) is 0 Å². The van der Waals surface area contributed by atoms with Crippen LogP contribution in [0, 0.1) is 6.92 Å². The number of benzene rings is 1. The van der Waals surface area contributed by atoms with Crippen molar-refractivity contribution in [2.45, 2.75) is 19.8 Å². The minimum absolute atomic E-state index is 0.107. The lowest BCUT2D eigenvalue weighted by atomic mass is 10.1. The second kappa shape index (κ2) is 4.94. The summed E-state index contributed by atoms with van der Waals surface area (Å²) >= 11 is 0. The summed E-state index contributed by atoms with van der Waals surface area (Å²) in [6.07, 6.45) is 2.87. The van der Waals surface area contributed by atoms with E-state index in [0.717, 1.165) is 5.69 Å². The standard InChI is InChI=1S/C13H15NO2/c1-10-4-2-3-5-11(10)8-13-14-12(6-7-15)9-16-13/h2-5,9,15H,6-8H2,1H3. The van der Waals surface area contributed by atoms with Crippen LogP contribution < -0.4 is 0 Å². The maximum absolute atomic E-state index is 8.78. The highest BCUT2D eigenvalue weighted by atomic mass is 16.3. The van der Waals surface area contributed by atoms with Crippen LogP contribution in [0.15, 0.2) is 34.9 Å². The molecule has 1 heterocycles. The molecule has 0 saturated heterocycles. The molecule has 0 aliphatic carbocycles. The Bertz CT molecular complexity index is 462. The molecular formula is C13H15NO2. The lowest BCUT2D eigenvalue weighted by Crippen LogP contribution is -1.94. The number of aromatic nitrogens is 1. The SMILES string of the molecule is Cc1ccccc1Cc1nc(CCO)co1. The van der Waals surface area contributed by atoms with E-state index in [1.165, 1.54) is 11.1 Å². The molecule has 1 aromatic carbocycles. The molecule has 2 aromatic rings. The molecule has 84 valence electrons. The summed E-state index contributed by atoms with van der Waals surface area (Å²) in [6.45, 7) is 2.18. The van der Waals surface area contributed by atoms with Gasteiger partial charge >= 0.3 is 0 Å². The number of aliphatic hydroxyl groups is 1. The third kappa shape index (κ3) is 2.49. The summed E-state index contributed by atoms with van der Waals surface area (Å²) in [5.74, 6) is 0.706. The number of oxazole rings is 1. The zero-order valence-corrected chi connectivity index (χ0v) is 9.31. The Balaban J connectivity index is 2.11. The molecule has 0 saturated carbocycles. The minimum Gasteiger partial charge on any atom is -0.448 e. The molecule has 16 heavy (non-hydrogen) atoms. The highest BCUT2D eigenvalue weighted by Crippen LogP contribution is 2.13. The molecule has 0 atom stereocenters. The molecule has 1 aromatic heterocycles. The zero-order chi connectivity index (χ0) is 11.4. The Hall–Kier alpha value is -1.61. The van der Waals surface area contributed by atoms with Crippen LogP contribution in [0.2, 0.25) is 0 Å². The topological polar surface area (TPSA) is 46.3 Å². The summed E-state index contributed by atoms with van der Waals surface area (Å²) < 4.78 is 5.35. The molecule has 1 N–H and O–H groups in total. The summed E-state index contributed by atoms with van der Waals surface area (Å²) in [5, 5.41) is 8.78. The quantitative estimate of drug-likeness (QED) is 0.853. The second-order valence-corrected chi connectivity index (χ2v) is 3.81. The van der Waals surface area contributed by atoms with Gasteiger partial charge in [-0.05, 0) is 18.1 Å². The van der Waals surface area contributed by atoms with Crippen molar-refractivity contribution in [1.29, 1.82) is 0 Å². The largest absolute Gasteiger partial charge is 0.448 e. The molecular weight excluding hydrogens is 202 g/mol. The van der Waals surface area contributed by atoms with Crippen molar-refractivity contribution in [3.05, 3.63) is 53.2 Å². The fourth-order valence-electron chi connectivity index (χ4n) is 1.63. The van der Waals surface area contributed by atoms with Crippen LogP contribution >= 0.6 is 0 Å². The number of rotatable bonds is 4. The van der Waals surface area contributed by atoms with Gasteiger partial charge < -0.3 is 9.52 Å². The molecule has 0 radical (unpaired) electrons. The Morgan fingerprint density at radius 1 is 1.31 bits per heavy atom. The van der Waals surface area contributed by atoms with E-state index < -0.39 is 0 Å². The van der Waals surface area contributed by atoms with Crippen LogP contribution in [-0.2, 0) is 12.8 Å². The monoisotopic (exact) mass is 217 g/mol.